The molecule has 1 fully saturated rings. The number of carbonyl (C=O) groups excluding carboxylic acids is 1. The fourth-order valence-corrected chi connectivity index (χ4v) is 3.86. The highest BCUT2D eigenvalue weighted by Gasteiger charge is 2.29. The van der Waals surface area contributed by atoms with Crippen molar-refractivity contribution in [2.45, 2.75) is 26.9 Å². The Bertz CT molecular complexity index is 1110. The van der Waals surface area contributed by atoms with E-state index in [0.717, 1.165) is 22.3 Å². The molecule has 0 radical (unpaired) electrons. The van der Waals surface area contributed by atoms with E-state index in [9.17, 15) is 15.0 Å². The van der Waals surface area contributed by atoms with E-state index >= 15 is 0 Å². The highest BCUT2D eigenvalue weighted by Crippen LogP contribution is 2.32. The topological polar surface area (TPSA) is 89.8 Å². The van der Waals surface area contributed by atoms with Gasteiger partial charge in [0.1, 0.15) is 17.7 Å². The Morgan fingerprint density at radius 1 is 1.03 bits per heavy atom. The number of aromatic nitrogens is 2. The minimum Gasteiger partial charge on any atom is -0.507 e. The molecular weight excluding hydrogens is 428 g/mol. The number of nitrogens with zero attached hydrogens (tertiary/aromatic N) is 4. The van der Waals surface area contributed by atoms with Crippen molar-refractivity contribution in [3.8, 4) is 17.1 Å². The lowest BCUT2D eigenvalue weighted by Crippen LogP contribution is -2.52. The number of aliphatic hydroxyl groups excluding tert-OH is 1. The lowest BCUT2D eigenvalue weighted by molar-refractivity contribution is -0.142. The van der Waals surface area contributed by atoms with Gasteiger partial charge in [0, 0.05) is 31.6 Å². The maximum atomic E-state index is 12.5. The first-order valence-electron chi connectivity index (χ1n) is 10.6. The number of phenols is 1. The Labute approximate surface area is 194 Å². The van der Waals surface area contributed by atoms with Gasteiger partial charge in [-0.05, 0) is 42.7 Å². The van der Waals surface area contributed by atoms with Crippen LogP contribution in [-0.2, 0) is 4.79 Å². The molecule has 1 amide bonds. The number of hydrogen-bond acceptors (Lipinski definition) is 6. The zero-order valence-corrected chi connectivity index (χ0v) is 19.3. The van der Waals surface area contributed by atoms with Gasteiger partial charge in [-0.15, -0.1) is 12.4 Å². The molecule has 0 aliphatic carbocycles. The van der Waals surface area contributed by atoms with Gasteiger partial charge in [0.05, 0.1) is 11.1 Å². The number of rotatable bonds is 4. The molecule has 1 unspecified atom stereocenters. The van der Waals surface area contributed by atoms with Crippen LogP contribution in [0.4, 0.5) is 5.82 Å². The number of carbonyl (C=O) groups is 1. The molecule has 1 saturated heterocycles. The summed E-state index contributed by atoms with van der Waals surface area (Å²) in [5.74, 6) is 1.08. The molecule has 0 bridgehead atoms. The number of para-hydroxylation sites is 1. The van der Waals surface area contributed by atoms with Crippen LogP contribution < -0.4 is 4.90 Å². The van der Waals surface area contributed by atoms with E-state index in [0.29, 0.717) is 37.6 Å². The lowest BCUT2D eigenvalue weighted by atomic mass is 10.1. The summed E-state index contributed by atoms with van der Waals surface area (Å²) in [7, 11) is 0. The first-order valence-corrected chi connectivity index (χ1v) is 10.6. The quantitative estimate of drug-likeness (QED) is 0.625. The number of aromatic hydroxyl groups is 1. The number of piperazine rings is 1. The average Bonchev–Trinajstić information content (AvgIpc) is 2.77. The summed E-state index contributed by atoms with van der Waals surface area (Å²) in [6, 6.07) is 13.1. The summed E-state index contributed by atoms with van der Waals surface area (Å²) >= 11 is 0. The molecule has 1 aliphatic rings. The SMILES string of the molecule is Cc1ccc2c(N3CCN(C(=O)C(O)C(C)C)CC3)nc(-c3ccccc3O)nc2c1.Cl. The van der Waals surface area contributed by atoms with Crippen molar-refractivity contribution in [3.05, 3.63) is 48.0 Å². The van der Waals surface area contributed by atoms with Crippen LogP contribution in [-0.4, -0.2) is 63.3 Å². The maximum absolute atomic E-state index is 12.5. The average molecular weight is 457 g/mol. The summed E-state index contributed by atoms with van der Waals surface area (Å²) in [5, 5.41) is 21.4. The number of anilines is 1. The van der Waals surface area contributed by atoms with Crippen molar-refractivity contribution in [1.82, 2.24) is 14.9 Å². The van der Waals surface area contributed by atoms with Crippen LogP contribution in [0.3, 0.4) is 0 Å². The molecule has 1 aliphatic heterocycles. The number of aliphatic hydroxyl groups is 1. The molecule has 0 spiro atoms. The zero-order valence-electron chi connectivity index (χ0n) is 18.5. The van der Waals surface area contributed by atoms with Crippen LogP contribution in [0, 0.1) is 12.8 Å². The first kappa shape index (κ1) is 23.8. The molecule has 7 nitrogen and oxygen atoms in total. The standard InChI is InChI=1S/C24H28N4O3.ClH/c1-15(2)21(30)24(31)28-12-10-27(11-13-28)23-17-9-8-16(3)14-19(17)25-22(26-23)18-6-4-5-7-20(18)29;/h4-9,14-15,21,29-30H,10-13H2,1-3H3;1H. The lowest BCUT2D eigenvalue weighted by Gasteiger charge is -2.37. The normalized spacial score (nSPS) is 15.0. The summed E-state index contributed by atoms with van der Waals surface area (Å²) in [6.07, 6.45) is -0.970. The molecular formula is C24H29ClN4O3. The van der Waals surface area contributed by atoms with E-state index in [-0.39, 0.29) is 30.0 Å². The van der Waals surface area contributed by atoms with E-state index in [1.807, 2.05) is 45.0 Å². The van der Waals surface area contributed by atoms with Gasteiger partial charge in [-0.2, -0.15) is 0 Å². The van der Waals surface area contributed by atoms with Gasteiger partial charge >= 0.3 is 0 Å². The fourth-order valence-electron chi connectivity index (χ4n) is 3.86. The third kappa shape index (κ3) is 4.64. The molecule has 32 heavy (non-hydrogen) atoms. The molecule has 3 aromatic rings. The van der Waals surface area contributed by atoms with E-state index in [2.05, 4.69) is 4.90 Å². The molecule has 1 atom stereocenters. The third-order valence-electron chi connectivity index (χ3n) is 5.75. The van der Waals surface area contributed by atoms with Crippen molar-refractivity contribution in [2.24, 2.45) is 5.92 Å². The van der Waals surface area contributed by atoms with E-state index < -0.39 is 6.10 Å². The minimum absolute atomic E-state index is 0. The van der Waals surface area contributed by atoms with Gasteiger partial charge < -0.3 is 20.0 Å². The largest absolute Gasteiger partial charge is 0.507 e. The van der Waals surface area contributed by atoms with Crippen molar-refractivity contribution in [3.63, 3.8) is 0 Å². The Balaban J connectivity index is 0.00000289. The van der Waals surface area contributed by atoms with Crippen molar-refractivity contribution < 1.29 is 15.0 Å². The van der Waals surface area contributed by atoms with E-state index in [4.69, 9.17) is 9.97 Å². The maximum Gasteiger partial charge on any atom is 0.251 e. The Kier molecular flexibility index (Phi) is 7.21. The van der Waals surface area contributed by atoms with Gasteiger partial charge in [-0.1, -0.05) is 32.0 Å². The molecule has 1 aromatic heterocycles. The molecule has 8 heteroatoms. The van der Waals surface area contributed by atoms with Gasteiger partial charge in [-0.3, -0.25) is 4.79 Å². The van der Waals surface area contributed by atoms with Crippen molar-refractivity contribution in [1.29, 1.82) is 0 Å². The molecule has 4 rings (SSSR count). The van der Waals surface area contributed by atoms with E-state index in [1.165, 1.54) is 0 Å². The van der Waals surface area contributed by atoms with Gasteiger partial charge in [0.15, 0.2) is 5.82 Å². The predicted molar refractivity (Wildman–Crippen MR) is 128 cm³/mol. The Morgan fingerprint density at radius 2 is 1.72 bits per heavy atom. The number of hydrogen-bond donors (Lipinski definition) is 2. The molecule has 2 aromatic carbocycles. The third-order valence-corrected chi connectivity index (χ3v) is 5.75. The van der Waals surface area contributed by atoms with Gasteiger partial charge in [-0.25, -0.2) is 9.97 Å². The second kappa shape index (κ2) is 9.71. The molecule has 0 saturated carbocycles. The van der Waals surface area contributed by atoms with Crippen LogP contribution in [0.15, 0.2) is 42.5 Å². The number of amides is 1. The number of phenolic OH excluding ortho intramolecular Hbond substituents is 1. The highest BCUT2D eigenvalue weighted by atomic mass is 35.5. The summed E-state index contributed by atoms with van der Waals surface area (Å²) < 4.78 is 0. The number of benzene rings is 2. The number of halogens is 1. The second-order valence-electron chi connectivity index (χ2n) is 8.41. The summed E-state index contributed by atoms with van der Waals surface area (Å²) in [6.45, 7) is 7.96. The number of aryl methyl sites for hydroxylation is 1. The van der Waals surface area contributed by atoms with Crippen molar-refractivity contribution in [2.75, 3.05) is 31.1 Å². The summed E-state index contributed by atoms with van der Waals surface area (Å²) in [5.41, 5.74) is 2.50. The molecule has 2 N–H and O–H groups in total. The molecule has 2 heterocycles. The minimum atomic E-state index is -0.970. The smallest absolute Gasteiger partial charge is 0.251 e. The highest BCUT2D eigenvalue weighted by molar-refractivity contribution is 5.92. The van der Waals surface area contributed by atoms with Gasteiger partial charge in [0.2, 0.25) is 0 Å². The monoisotopic (exact) mass is 456 g/mol. The van der Waals surface area contributed by atoms with Gasteiger partial charge in [0.25, 0.3) is 5.91 Å². The number of fused-ring (bicyclic) bond motifs is 1. The van der Waals surface area contributed by atoms with Crippen LogP contribution in [0.5, 0.6) is 5.75 Å². The van der Waals surface area contributed by atoms with Crippen LogP contribution >= 0.6 is 12.4 Å². The Hall–Kier alpha value is -2.90. The second-order valence-corrected chi connectivity index (χ2v) is 8.41. The fraction of sp³-hybridized carbons (Fsp3) is 0.375. The first-order chi connectivity index (χ1) is 14.8. The van der Waals surface area contributed by atoms with Crippen LogP contribution in [0.1, 0.15) is 19.4 Å². The predicted octanol–water partition coefficient (Wildman–Crippen LogP) is 3.40. The van der Waals surface area contributed by atoms with Crippen LogP contribution in [0.25, 0.3) is 22.3 Å². The van der Waals surface area contributed by atoms with Crippen LogP contribution in [0.2, 0.25) is 0 Å². The zero-order chi connectivity index (χ0) is 22.1. The Morgan fingerprint density at radius 3 is 2.38 bits per heavy atom. The summed E-state index contributed by atoms with van der Waals surface area (Å²) in [4.78, 5) is 25.9. The van der Waals surface area contributed by atoms with Crippen molar-refractivity contribution >= 4 is 35.0 Å². The molecule has 170 valence electrons. The van der Waals surface area contributed by atoms with E-state index in [1.54, 1.807) is 23.1 Å².